The van der Waals surface area contributed by atoms with Crippen molar-refractivity contribution in [1.82, 2.24) is 0 Å². The summed E-state index contributed by atoms with van der Waals surface area (Å²) in [6.45, 7) is 1.97. The largest absolute Gasteiger partial charge is 0.462 e. The highest BCUT2D eigenvalue weighted by Gasteiger charge is 2.13. The number of ether oxygens (including phenoxy) is 2. The first-order chi connectivity index (χ1) is 10.6. The van der Waals surface area contributed by atoms with Crippen molar-refractivity contribution in [3.05, 3.63) is 65.2 Å². The summed E-state index contributed by atoms with van der Waals surface area (Å²) in [5.41, 5.74) is 1.01. The highest BCUT2D eigenvalue weighted by Crippen LogP contribution is 2.15. The molecule has 2 aromatic rings. The van der Waals surface area contributed by atoms with E-state index in [2.05, 4.69) is 0 Å². The van der Waals surface area contributed by atoms with Crippen LogP contribution in [0.4, 0.5) is 0 Å². The van der Waals surface area contributed by atoms with Gasteiger partial charge in [0.15, 0.2) is 0 Å². The monoisotopic (exact) mass is 295 g/mol. The van der Waals surface area contributed by atoms with Crippen LogP contribution in [-0.2, 0) is 4.74 Å². The molecular weight excluding hydrogens is 282 g/mol. The second-order valence-electron chi connectivity index (χ2n) is 4.33. The van der Waals surface area contributed by atoms with Gasteiger partial charge in [0.2, 0.25) is 0 Å². The standard InChI is InChI=1S/C17H13NO4/c1-2-21-16(19)13-4-3-5-14(10-13)17(20)22-15-8-6-12(11-18)7-9-15/h3-10H,2H2,1H3. The number of nitrogens with zero attached hydrogens (tertiary/aromatic N) is 1. The fraction of sp³-hybridized carbons (Fsp3) is 0.118. The summed E-state index contributed by atoms with van der Waals surface area (Å²) in [4.78, 5) is 23.7. The summed E-state index contributed by atoms with van der Waals surface area (Å²) < 4.78 is 10.1. The minimum absolute atomic E-state index is 0.245. The SMILES string of the molecule is CCOC(=O)c1cccc(C(=O)Oc2ccc(C#N)cc2)c1. The first kappa shape index (κ1) is 15.3. The molecule has 0 aromatic heterocycles. The predicted octanol–water partition coefficient (Wildman–Crippen LogP) is 2.95. The molecule has 0 bridgehead atoms. The first-order valence-electron chi connectivity index (χ1n) is 6.63. The Balaban J connectivity index is 2.13. The molecule has 0 radical (unpaired) electrons. The van der Waals surface area contributed by atoms with Crippen molar-refractivity contribution in [1.29, 1.82) is 5.26 Å². The van der Waals surface area contributed by atoms with Crippen molar-refractivity contribution in [2.75, 3.05) is 6.61 Å². The maximum Gasteiger partial charge on any atom is 0.343 e. The Morgan fingerprint density at radius 3 is 2.27 bits per heavy atom. The quantitative estimate of drug-likeness (QED) is 0.640. The normalized spacial score (nSPS) is 9.64. The molecule has 110 valence electrons. The Labute approximate surface area is 127 Å². The maximum absolute atomic E-state index is 12.1. The lowest BCUT2D eigenvalue weighted by Gasteiger charge is -2.06. The molecule has 2 rings (SSSR count). The molecule has 0 aliphatic rings. The van der Waals surface area contributed by atoms with Crippen LogP contribution in [-0.4, -0.2) is 18.5 Å². The topological polar surface area (TPSA) is 76.4 Å². The third-order valence-electron chi connectivity index (χ3n) is 2.80. The average molecular weight is 295 g/mol. The second-order valence-corrected chi connectivity index (χ2v) is 4.33. The molecular formula is C17H13NO4. The molecule has 0 N–H and O–H groups in total. The summed E-state index contributed by atoms with van der Waals surface area (Å²) in [5.74, 6) is -0.753. The van der Waals surface area contributed by atoms with E-state index in [0.29, 0.717) is 11.3 Å². The van der Waals surface area contributed by atoms with Gasteiger partial charge in [-0.05, 0) is 49.4 Å². The van der Waals surface area contributed by atoms with Gasteiger partial charge in [0.05, 0.1) is 29.4 Å². The van der Waals surface area contributed by atoms with Gasteiger partial charge >= 0.3 is 11.9 Å². The average Bonchev–Trinajstić information content (AvgIpc) is 2.56. The molecule has 0 atom stereocenters. The van der Waals surface area contributed by atoms with Crippen LogP contribution in [0, 0.1) is 11.3 Å². The van der Waals surface area contributed by atoms with Crippen LogP contribution in [0.2, 0.25) is 0 Å². The minimum Gasteiger partial charge on any atom is -0.462 e. The minimum atomic E-state index is -0.587. The molecule has 5 nitrogen and oxygen atoms in total. The molecule has 5 heteroatoms. The van der Waals surface area contributed by atoms with E-state index < -0.39 is 11.9 Å². The van der Waals surface area contributed by atoms with Crippen LogP contribution in [0.3, 0.4) is 0 Å². The molecule has 0 unspecified atom stereocenters. The zero-order chi connectivity index (χ0) is 15.9. The maximum atomic E-state index is 12.1. The van der Waals surface area contributed by atoms with E-state index in [-0.39, 0.29) is 17.7 Å². The van der Waals surface area contributed by atoms with Crippen LogP contribution < -0.4 is 4.74 Å². The van der Waals surface area contributed by atoms with Gasteiger partial charge in [-0.25, -0.2) is 9.59 Å². The highest BCUT2D eigenvalue weighted by molar-refractivity contribution is 5.96. The molecule has 0 aliphatic heterocycles. The van der Waals surface area contributed by atoms with Crippen LogP contribution in [0.15, 0.2) is 48.5 Å². The van der Waals surface area contributed by atoms with Gasteiger partial charge in [-0.1, -0.05) is 6.07 Å². The van der Waals surface area contributed by atoms with Crippen molar-refractivity contribution < 1.29 is 19.1 Å². The van der Waals surface area contributed by atoms with Gasteiger partial charge in [0, 0.05) is 0 Å². The van der Waals surface area contributed by atoms with Crippen LogP contribution in [0.5, 0.6) is 5.75 Å². The van der Waals surface area contributed by atoms with E-state index in [1.807, 2.05) is 6.07 Å². The van der Waals surface area contributed by atoms with Gasteiger partial charge in [0.1, 0.15) is 5.75 Å². The van der Waals surface area contributed by atoms with Crippen LogP contribution in [0.25, 0.3) is 0 Å². The van der Waals surface area contributed by atoms with Crippen molar-refractivity contribution >= 4 is 11.9 Å². The van der Waals surface area contributed by atoms with Gasteiger partial charge in [0.25, 0.3) is 0 Å². The zero-order valence-electron chi connectivity index (χ0n) is 11.9. The zero-order valence-corrected chi connectivity index (χ0v) is 11.9. The van der Waals surface area contributed by atoms with E-state index in [0.717, 1.165) is 0 Å². The Kier molecular flexibility index (Phi) is 4.89. The van der Waals surface area contributed by atoms with Crippen molar-refractivity contribution in [3.63, 3.8) is 0 Å². The van der Waals surface area contributed by atoms with Gasteiger partial charge in [-0.2, -0.15) is 5.26 Å². The van der Waals surface area contributed by atoms with Crippen molar-refractivity contribution in [3.8, 4) is 11.8 Å². The second kappa shape index (κ2) is 7.04. The van der Waals surface area contributed by atoms with Crippen molar-refractivity contribution in [2.45, 2.75) is 6.92 Å². The Hall–Kier alpha value is -3.13. The fourth-order valence-electron chi connectivity index (χ4n) is 1.75. The van der Waals surface area contributed by atoms with E-state index in [9.17, 15) is 9.59 Å². The lowest BCUT2D eigenvalue weighted by Crippen LogP contribution is -2.11. The summed E-state index contributed by atoms with van der Waals surface area (Å²) >= 11 is 0. The van der Waals surface area contributed by atoms with Gasteiger partial charge in [-0.3, -0.25) is 0 Å². The summed E-state index contributed by atoms with van der Waals surface area (Å²) in [5, 5.41) is 8.71. The lowest BCUT2D eigenvalue weighted by molar-refractivity contribution is 0.0526. The molecule has 2 aromatic carbocycles. The smallest absolute Gasteiger partial charge is 0.343 e. The first-order valence-corrected chi connectivity index (χ1v) is 6.63. The van der Waals surface area contributed by atoms with Crippen LogP contribution >= 0.6 is 0 Å². The van der Waals surface area contributed by atoms with E-state index in [1.165, 1.54) is 18.2 Å². The molecule has 0 spiro atoms. The summed E-state index contributed by atoms with van der Waals surface area (Å²) in [6, 6.07) is 14.3. The van der Waals surface area contributed by atoms with Gasteiger partial charge in [-0.15, -0.1) is 0 Å². The lowest BCUT2D eigenvalue weighted by atomic mass is 10.1. The predicted molar refractivity (Wildman–Crippen MR) is 78.5 cm³/mol. The summed E-state index contributed by atoms with van der Waals surface area (Å²) in [6.07, 6.45) is 0. The highest BCUT2D eigenvalue weighted by atomic mass is 16.5. The van der Waals surface area contributed by atoms with Crippen molar-refractivity contribution in [2.24, 2.45) is 0 Å². The molecule has 0 fully saturated rings. The number of nitriles is 1. The number of esters is 2. The number of rotatable bonds is 4. The van der Waals surface area contributed by atoms with E-state index >= 15 is 0 Å². The summed E-state index contributed by atoms with van der Waals surface area (Å²) in [7, 11) is 0. The Bertz CT molecular complexity index is 729. The van der Waals surface area contributed by atoms with E-state index in [1.54, 1.807) is 37.3 Å². The number of carbonyl (C=O) groups is 2. The number of benzene rings is 2. The molecule has 22 heavy (non-hydrogen) atoms. The molecule has 0 amide bonds. The molecule has 0 heterocycles. The number of hydrogen-bond donors (Lipinski definition) is 0. The molecule has 0 saturated carbocycles. The Morgan fingerprint density at radius 1 is 1.05 bits per heavy atom. The third kappa shape index (κ3) is 3.70. The fourth-order valence-corrected chi connectivity index (χ4v) is 1.75. The third-order valence-corrected chi connectivity index (χ3v) is 2.80. The van der Waals surface area contributed by atoms with Gasteiger partial charge < -0.3 is 9.47 Å². The van der Waals surface area contributed by atoms with E-state index in [4.69, 9.17) is 14.7 Å². The number of carbonyl (C=O) groups excluding carboxylic acids is 2. The molecule has 0 aliphatic carbocycles. The molecule has 0 saturated heterocycles. The Morgan fingerprint density at radius 2 is 1.68 bits per heavy atom. The van der Waals surface area contributed by atoms with Crippen LogP contribution in [0.1, 0.15) is 33.2 Å². The number of hydrogen-bond acceptors (Lipinski definition) is 5.